The molecular weight excluding hydrogens is 415 g/mol. The quantitative estimate of drug-likeness (QED) is 0.670. The van der Waals surface area contributed by atoms with E-state index < -0.39 is 5.60 Å². The average Bonchev–Trinajstić information content (AvgIpc) is 3.47. The van der Waals surface area contributed by atoms with Gasteiger partial charge >= 0.3 is 6.03 Å². The Bertz CT molecular complexity index is 1190. The molecule has 1 N–H and O–H groups in total. The fraction of sp³-hybridized carbons (Fsp3) is 0.455. The molecule has 168 valence electrons. The van der Waals surface area contributed by atoms with Gasteiger partial charge in [-0.05, 0) is 49.9 Å². The van der Waals surface area contributed by atoms with E-state index in [1.807, 2.05) is 4.90 Å². The van der Waals surface area contributed by atoms with Crippen molar-refractivity contribution in [3.8, 4) is 5.69 Å². The molecule has 2 aliphatic rings. The summed E-state index contributed by atoms with van der Waals surface area (Å²) >= 11 is 0. The van der Waals surface area contributed by atoms with Gasteiger partial charge < -0.3 is 14.9 Å². The number of hydrogen-bond acceptors (Lipinski definition) is 5. The highest BCUT2D eigenvalue weighted by atomic mass is 19.1. The maximum atomic E-state index is 13.2. The number of nitrogens with zero attached hydrogens (tertiary/aromatic N) is 6. The van der Waals surface area contributed by atoms with Gasteiger partial charge in [0.15, 0.2) is 5.65 Å². The molecule has 4 heterocycles. The van der Waals surface area contributed by atoms with Gasteiger partial charge in [0.1, 0.15) is 17.5 Å². The molecule has 0 aliphatic carbocycles. The topological polar surface area (TPSA) is 96.5 Å². The van der Waals surface area contributed by atoms with Gasteiger partial charge in [-0.2, -0.15) is 5.10 Å². The first kappa shape index (κ1) is 20.6. The lowest BCUT2D eigenvalue weighted by Gasteiger charge is -2.39. The number of amides is 2. The molecule has 0 atom stereocenters. The van der Waals surface area contributed by atoms with Crippen LogP contribution in [0.4, 0.5) is 9.18 Å². The van der Waals surface area contributed by atoms with Crippen LogP contribution in [0.3, 0.4) is 0 Å². The lowest BCUT2D eigenvalue weighted by atomic mass is 9.91. The molecule has 2 aromatic heterocycles. The van der Waals surface area contributed by atoms with Gasteiger partial charge in [-0.15, -0.1) is 0 Å². The number of fused-ring (bicyclic) bond motifs is 1. The Kier molecular flexibility index (Phi) is 5.16. The number of hydrogen-bond donors (Lipinski definition) is 1. The summed E-state index contributed by atoms with van der Waals surface area (Å²) in [5.74, 6) is -0.359. The molecule has 0 spiro atoms. The average molecular weight is 440 g/mol. The zero-order valence-electron chi connectivity index (χ0n) is 17.7. The molecule has 1 aromatic carbocycles. The molecule has 2 aliphatic heterocycles. The first-order valence-corrected chi connectivity index (χ1v) is 10.9. The number of aliphatic hydroxyl groups is 1. The van der Waals surface area contributed by atoms with E-state index in [9.17, 15) is 19.1 Å². The monoisotopic (exact) mass is 440 g/mol. The first-order chi connectivity index (χ1) is 15.4. The van der Waals surface area contributed by atoms with E-state index in [4.69, 9.17) is 0 Å². The number of piperidine rings is 1. The molecule has 9 nitrogen and oxygen atoms in total. The van der Waals surface area contributed by atoms with E-state index in [0.29, 0.717) is 42.7 Å². The number of carbonyl (C=O) groups is 1. The van der Waals surface area contributed by atoms with Crippen molar-refractivity contribution in [3.63, 3.8) is 0 Å². The number of aromatic nitrogens is 4. The predicted molar refractivity (Wildman–Crippen MR) is 115 cm³/mol. The maximum Gasteiger partial charge on any atom is 0.320 e. The summed E-state index contributed by atoms with van der Waals surface area (Å²) in [6, 6.07) is 5.81. The minimum atomic E-state index is -1.09. The summed E-state index contributed by atoms with van der Waals surface area (Å²) in [4.78, 5) is 33.6. The molecular formula is C22H25FN6O3. The van der Waals surface area contributed by atoms with Crippen LogP contribution in [0, 0.1) is 5.82 Å². The van der Waals surface area contributed by atoms with Crippen molar-refractivity contribution < 1.29 is 14.3 Å². The van der Waals surface area contributed by atoms with E-state index in [0.717, 1.165) is 25.9 Å². The molecule has 10 heteroatoms. The minimum Gasteiger partial charge on any atom is -0.388 e. The van der Waals surface area contributed by atoms with Crippen molar-refractivity contribution in [2.24, 2.45) is 0 Å². The fourth-order valence-electron chi connectivity index (χ4n) is 4.53. The fourth-order valence-corrected chi connectivity index (χ4v) is 4.53. The van der Waals surface area contributed by atoms with E-state index in [1.54, 1.807) is 17.0 Å². The molecule has 2 fully saturated rings. The standard InChI is InChI=1S/C22H25FN6O3/c23-16-3-5-17(6-4-16)29-19-18(13-25-29)20(30)28(15-24-19)14-22(32)7-11-27(12-8-22)21(31)26-9-1-2-10-26/h3-6,13,15,32H,1-2,7-12,14H2. The zero-order valence-corrected chi connectivity index (χ0v) is 17.7. The molecule has 0 saturated carbocycles. The number of likely N-dealkylation sites (tertiary alicyclic amines) is 2. The Morgan fingerprint density at radius 2 is 1.72 bits per heavy atom. The van der Waals surface area contributed by atoms with Crippen LogP contribution < -0.4 is 5.56 Å². The van der Waals surface area contributed by atoms with Crippen LogP contribution in [0.2, 0.25) is 0 Å². The highest BCUT2D eigenvalue weighted by molar-refractivity contribution is 5.75. The van der Waals surface area contributed by atoms with E-state index >= 15 is 0 Å². The zero-order chi connectivity index (χ0) is 22.3. The summed E-state index contributed by atoms with van der Waals surface area (Å²) in [5.41, 5.74) is -0.420. The lowest BCUT2D eigenvalue weighted by Crippen LogP contribution is -2.52. The summed E-state index contributed by atoms with van der Waals surface area (Å²) in [6.45, 7) is 2.61. The molecule has 2 saturated heterocycles. The van der Waals surface area contributed by atoms with Crippen LogP contribution in [-0.4, -0.2) is 72.0 Å². The van der Waals surface area contributed by atoms with Crippen LogP contribution >= 0.6 is 0 Å². The Labute approximate surface area is 183 Å². The van der Waals surface area contributed by atoms with Gasteiger partial charge in [-0.3, -0.25) is 9.36 Å². The predicted octanol–water partition coefficient (Wildman–Crippen LogP) is 1.76. The largest absolute Gasteiger partial charge is 0.388 e. The molecule has 5 rings (SSSR count). The van der Waals surface area contributed by atoms with Crippen molar-refractivity contribution in [1.29, 1.82) is 0 Å². The van der Waals surface area contributed by atoms with Crippen LogP contribution in [0.15, 0.2) is 41.6 Å². The highest BCUT2D eigenvalue weighted by Gasteiger charge is 2.36. The third-order valence-corrected chi connectivity index (χ3v) is 6.43. The molecule has 3 aromatic rings. The van der Waals surface area contributed by atoms with Crippen LogP contribution in [0.25, 0.3) is 16.7 Å². The number of benzene rings is 1. The normalized spacial score (nSPS) is 18.4. The van der Waals surface area contributed by atoms with Crippen molar-refractivity contribution in [2.75, 3.05) is 26.2 Å². The number of carbonyl (C=O) groups excluding carboxylic acids is 1. The van der Waals surface area contributed by atoms with Crippen LogP contribution in [0.1, 0.15) is 25.7 Å². The van der Waals surface area contributed by atoms with Gasteiger partial charge in [0.05, 0.1) is 24.0 Å². The SMILES string of the molecule is O=C(N1CCCC1)N1CCC(O)(Cn2cnc3c(cnn3-c3ccc(F)cc3)c2=O)CC1. The summed E-state index contributed by atoms with van der Waals surface area (Å²) in [7, 11) is 0. The Balaban J connectivity index is 1.32. The Morgan fingerprint density at radius 1 is 1.06 bits per heavy atom. The molecule has 0 bridgehead atoms. The molecule has 32 heavy (non-hydrogen) atoms. The van der Waals surface area contributed by atoms with Gasteiger partial charge in [0.2, 0.25) is 0 Å². The van der Waals surface area contributed by atoms with Crippen LogP contribution in [0.5, 0.6) is 0 Å². The van der Waals surface area contributed by atoms with Crippen molar-refractivity contribution in [3.05, 3.63) is 53.0 Å². The second-order valence-electron chi connectivity index (χ2n) is 8.64. The van der Waals surface area contributed by atoms with E-state index in [2.05, 4.69) is 10.1 Å². The first-order valence-electron chi connectivity index (χ1n) is 10.9. The van der Waals surface area contributed by atoms with E-state index in [-0.39, 0.29) is 24.0 Å². The minimum absolute atomic E-state index is 0.0398. The van der Waals surface area contributed by atoms with Crippen molar-refractivity contribution in [1.82, 2.24) is 29.1 Å². The smallest absolute Gasteiger partial charge is 0.320 e. The highest BCUT2D eigenvalue weighted by Crippen LogP contribution is 2.25. The van der Waals surface area contributed by atoms with E-state index in [1.165, 1.54) is 33.9 Å². The maximum absolute atomic E-state index is 13.2. The summed E-state index contributed by atoms with van der Waals surface area (Å²) < 4.78 is 16.1. The van der Waals surface area contributed by atoms with Gasteiger partial charge in [-0.1, -0.05) is 0 Å². The number of rotatable bonds is 3. The lowest BCUT2D eigenvalue weighted by molar-refractivity contribution is -0.0286. The van der Waals surface area contributed by atoms with Gasteiger partial charge in [0, 0.05) is 26.2 Å². The summed E-state index contributed by atoms with van der Waals surface area (Å²) in [6.07, 6.45) is 5.72. The third-order valence-electron chi connectivity index (χ3n) is 6.43. The molecule has 0 radical (unpaired) electrons. The van der Waals surface area contributed by atoms with Gasteiger partial charge in [-0.25, -0.2) is 18.9 Å². The Morgan fingerprint density at radius 3 is 2.41 bits per heavy atom. The Hall–Kier alpha value is -3.27. The molecule has 0 unspecified atom stereocenters. The summed E-state index contributed by atoms with van der Waals surface area (Å²) in [5, 5.41) is 15.7. The van der Waals surface area contributed by atoms with Gasteiger partial charge in [0.25, 0.3) is 5.56 Å². The van der Waals surface area contributed by atoms with Crippen molar-refractivity contribution >= 4 is 17.1 Å². The number of halogens is 1. The molecule has 2 amide bonds. The second-order valence-corrected chi connectivity index (χ2v) is 8.64. The van der Waals surface area contributed by atoms with Crippen LogP contribution in [-0.2, 0) is 6.54 Å². The number of urea groups is 1. The van der Waals surface area contributed by atoms with Crippen molar-refractivity contribution in [2.45, 2.75) is 37.8 Å². The second kappa shape index (κ2) is 8.01. The third kappa shape index (κ3) is 3.75.